The SMILES string of the molecule is CN(C)CC1=C(NC(=O)Nc2cccs2)COC1=O. The van der Waals surface area contributed by atoms with E-state index in [2.05, 4.69) is 10.6 Å². The number of urea groups is 1. The van der Waals surface area contributed by atoms with Gasteiger partial charge in [-0.15, -0.1) is 11.3 Å². The Morgan fingerprint density at radius 1 is 1.47 bits per heavy atom. The highest BCUT2D eigenvalue weighted by Crippen LogP contribution is 2.17. The summed E-state index contributed by atoms with van der Waals surface area (Å²) in [5.74, 6) is -0.375. The fourth-order valence-corrected chi connectivity index (χ4v) is 2.27. The molecule has 0 radical (unpaired) electrons. The van der Waals surface area contributed by atoms with Crippen LogP contribution in [0.3, 0.4) is 0 Å². The van der Waals surface area contributed by atoms with Gasteiger partial charge in [0.15, 0.2) is 0 Å². The summed E-state index contributed by atoms with van der Waals surface area (Å²) in [5, 5.41) is 7.98. The molecule has 1 aromatic heterocycles. The summed E-state index contributed by atoms with van der Waals surface area (Å²) in [5.41, 5.74) is 1.01. The first-order valence-corrected chi connectivity index (χ1v) is 6.59. The van der Waals surface area contributed by atoms with Gasteiger partial charge in [-0.25, -0.2) is 9.59 Å². The normalized spacial score (nSPS) is 14.8. The maximum atomic E-state index is 11.8. The van der Waals surface area contributed by atoms with Crippen molar-refractivity contribution in [3.05, 3.63) is 28.8 Å². The molecule has 7 heteroatoms. The fourth-order valence-electron chi connectivity index (χ4n) is 1.65. The monoisotopic (exact) mass is 281 g/mol. The van der Waals surface area contributed by atoms with E-state index in [-0.39, 0.29) is 18.6 Å². The summed E-state index contributed by atoms with van der Waals surface area (Å²) in [7, 11) is 3.70. The predicted molar refractivity (Wildman–Crippen MR) is 73.0 cm³/mol. The first-order valence-electron chi connectivity index (χ1n) is 5.71. The molecule has 2 amide bonds. The van der Waals surface area contributed by atoms with E-state index in [1.165, 1.54) is 11.3 Å². The summed E-state index contributed by atoms with van der Waals surface area (Å²) in [4.78, 5) is 25.2. The lowest BCUT2D eigenvalue weighted by molar-refractivity contribution is -0.136. The Kier molecular flexibility index (Phi) is 4.18. The molecule has 1 aliphatic heterocycles. The van der Waals surface area contributed by atoms with E-state index >= 15 is 0 Å². The van der Waals surface area contributed by atoms with Gasteiger partial charge in [0, 0.05) is 6.54 Å². The Balaban J connectivity index is 2.01. The highest BCUT2D eigenvalue weighted by Gasteiger charge is 2.26. The quantitative estimate of drug-likeness (QED) is 0.815. The Hall–Kier alpha value is -1.86. The Morgan fingerprint density at radius 2 is 2.26 bits per heavy atom. The van der Waals surface area contributed by atoms with Gasteiger partial charge < -0.3 is 15.0 Å². The number of nitrogens with zero attached hydrogens (tertiary/aromatic N) is 1. The van der Waals surface area contributed by atoms with Gasteiger partial charge in [0.1, 0.15) is 6.61 Å². The van der Waals surface area contributed by atoms with Gasteiger partial charge in [-0.1, -0.05) is 0 Å². The topological polar surface area (TPSA) is 70.7 Å². The molecule has 0 bridgehead atoms. The summed E-state index contributed by atoms with van der Waals surface area (Å²) < 4.78 is 4.94. The molecule has 102 valence electrons. The molecular weight excluding hydrogens is 266 g/mol. The second kappa shape index (κ2) is 5.85. The number of anilines is 1. The highest BCUT2D eigenvalue weighted by atomic mass is 32.1. The van der Waals surface area contributed by atoms with Crippen molar-refractivity contribution in [2.75, 3.05) is 32.6 Å². The number of esters is 1. The van der Waals surface area contributed by atoms with Crippen LogP contribution in [0.4, 0.5) is 9.80 Å². The average molecular weight is 281 g/mol. The molecule has 19 heavy (non-hydrogen) atoms. The molecule has 1 aromatic rings. The van der Waals surface area contributed by atoms with E-state index in [1.54, 1.807) is 6.07 Å². The lowest BCUT2D eigenvalue weighted by Gasteiger charge is -2.11. The molecule has 1 aliphatic rings. The van der Waals surface area contributed by atoms with Gasteiger partial charge in [-0.3, -0.25) is 5.32 Å². The molecule has 2 N–H and O–H groups in total. The van der Waals surface area contributed by atoms with E-state index in [0.29, 0.717) is 17.8 Å². The van der Waals surface area contributed by atoms with E-state index in [0.717, 1.165) is 5.00 Å². The molecule has 6 nitrogen and oxygen atoms in total. The van der Waals surface area contributed by atoms with Crippen molar-refractivity contribution in [2.24, 2.45) is 0 Å². The number of amides is 2. The van der Waals surface area contributed by atoms with Crippen LogP contribution in [0.5, 0.6) is 0 Å². The van der Waals surface area contributed by atoms with Gasteiger partial charge in [-0.2, -0.15) is 0 Å². The number of likely N-dealkylation sites (N-methyl/N-ethyl adjacent to an activating group) is 1. The second-order valence-electron chi connectivity index (χ2n) is 4.33. The molecule has 0 aromatic carbocycles. The smallest absolute Gasteiger partial charge is 0.337 e. The van der Waals surface area contributed by atoms with Crippen molar-refractivity contribution in [3.63, 3.8) is 0 Å². The van der Waals surface area contributed by atoms with E-state index in [9.17, 15) is 9.59 Å². The van der Waals surface area contributed by atoms with Crippen molar-refractivity contribution in [3.8, 4) is 0 Å². The van der Waals surface area contributed by atoms with Crippen molar-refractivity contribution < 1.29 is 14.3 Å². The first-order chi connectivity index (χ1) is 9.06. The molecule has 0 aliphatic carbocycles. The maximum Gasteiger partial charge on any atom is 0.337 e. The zero-order valence-corrected chi connectivity index (χ0v) is 11.5. The van der Waals surface area contributed by atoms with Gasteiger partial charge in [0.2, 0.25) is 0 Å². The van der Waals surface area contributed by atoms with Crippen LogP contribution in [0.2, 0.25) is 0 Å². The Morgan fingerprint density at radius 3 is 2.89 bits per heavy atom. The Labute approximate surface area is 115 Å². The zero-order valence-electron chi connectivity index (χ0n) is 10.7. The molecule has 0 saturated heterocycles. The Bertz CT molecular complexity index is 508. The number of thiophene rings is 1. The third-order valence-corrected chi connectivity index (χ3v) is 3.24. The van der Waals surface area contributed by atoms with Crippen LogP contribution < -0.4 is 10.6 Å². The maximum absolute atomic E-state index is 11.8. The molecular formula is C12H15N3O3S. The van der Waals surface area contributed by atoms with Gasteiger partial charge >= 0.3 is 12.0 Å². The van der Waals surface area contributed by atoms with Crippen LogP contribution in [-0.2, 0) is 9.53 Å². The van der Waals surface area contributed by atoms with E-state index < -0.39 is 0 Å². The molecule has 0 unspecified atom stereocenters. The molecule has 2 heterocycles. The number of carbonyl (C=O) groups excluding carboxylic acids is 2. The van der Waals surface area contributed by atoms with Crippen molar-refractivity contribution in [2.45, 2.75) is 0 Å². The van der Waals surface area contributed by atoms with Crippen LogP contribution in [0.15, 0.2) is 28.8 Å². The summed E-state index contributed by atoms with van der Waals surface area (Å²) in [6, 6.07) is 3.28. The highest BCUT2D eigenvalue weighted by molar-refractivity contribution is 7.14. The standard InChI is InChI=1S/C12H15N3O3S/c1-15(2)6-8-9(7-18-11(8)16)13-12(17)14-10-4-3-5-19-10/h3-5H,6-7H2,1-2H3,(H2,13,14,17). The minimum absolute atomic E-state index is 0.111. The number of ether oxygens (including phenoxy) is 1. The van der Waals surface area contributed by atoms with Gasteiger partial charge in [0.05, 0.1) is 16.3 Å². The third kappa shape index (κ3) is 3.55. The average Bonchev–Trinajstić information content (AvgIpc) is 2.93. The number of cyclic esters (lactones) is 1. The second-order valence-corrected chi connectivity index (χ2v) is 5.28. The first kappa shape index (κ1) is 13.6. The van der Waals surface area contributed by atoms with Crippen molar-refractivity contribution >= 4 is 28.3 Å². The van der Waals surface area contributed by atoms with Crippen LogP contribution in [0.25, 0.3) is 0 Å². The molecule has 0 spiro atoms. The van der Waals surface area contributed by atoms with Crippen LogP contribution >= 0.6 is 11.3 Å². The third-order valence-electron chi connectivity index (χ3n) is 2.45. The summed E-state index contributed by atoms with van der Waals surface area (Å²) in [6.45, 7) is 0.549. The molecule has 0 saturated carbocycles. The number of nitrogens with one attached hydrogen (secondary N) is 2. The minimum Gasteiger partial charge on any atom is -0.456 e. The number of carbonyl (C=O) groups is 2. The number of hydrogen-bond donors (Lipinski definition) is 2. The molecule has 0 atom stereocenters. The minimum atomic E-state index is -0.375. The zero-order chi connectivity index (χ0) is 13.8. The van der Waals surface area contributed by atoms with Crippen molar-refractivity contribution in [1.82, 2.24) is 10.2 Å². The number of rotatable bonds is 4. The fraction of sp³-hybridized carbons (Fsp3) is 0.333. The predicted octanol–water partition coefficient (Wildman–Crippen LogP) is 1.24. The molecule has 0 fully saturated rings. The van der Waals surface area contributed by atoms with Crippen LogP contribution in [0, 0.1) is 0 Å². The van der Waals surface area contributed by atoms with E-state index in [1.807, 2.05) is 30.4 Å². The van der Waals surface area contributed by atoms with Crippen molar-refractivity contribution in [1.29, 1.82) is 0 Å². The van der Waals surface area contributed by atoms with E-state index in [4.69, 9.17) is 4.74 Å². The summed E-state index contributed by atoms with van der Waals surface area (Å²) in [6.07, 6.45) is 0. The molecule has 2 rings (SSSR count). The lowest BCUT2D eigenvalue weighted by Crippen LogP contribution is -2.30. The van der Waals surface area contributed by atoms with Gasteiger partial charge in [0.25, 0.3) is 0 Å². The van der Waals surface area contributed by atoms with Crippen LogP contribution in [-0.4, -0.2) is 44.1 Å². The lowest BCUT2D eigenvalue weighted by atomic mass is 10.2. The summed E-state index contributed by atoms with van der Waals surface area (Å²) >= 11 is 1.43. The largest absolute Gasteiger partial charge is 0.456 e. The van der Waals surface area contributed by atoms with Gasteiger partial charge in [-0.05, 0) is 31.6 Å². The van der Waals surface area contributed by atoms with Crippen LogP contribution in [0.1, 0.15) is 0 Å². The number of hydrogen-bond acceptors (Lipinski definition) is 5.